The molecule has 1 N–H and O–H groups in total. The molecule has 35 heavy (non-hydrogen) atoms. The van der Waals surface area contributed by atoms with E-state index >= 15 is 0 Å². The Bertz CT molecular complexity index is 1400. The molecular formula is C31H33N2O2+. The first-order valence-electron chi connectivity index (χ1n) is 12.7. The molecule has 5 unspecified atom stereocenters. The maximum absolute atomic E-state index is 12.0. The van der Waals surface area contributed by atoms with E-state index in [-0.39, 0.29) is 6.04 Å². The van der Waals surface area contributed by atoms with Crippen LogP contribution in [0.1, 0.15) is 30.1 Å². The molecule has 4 heteroatoms. The summed E-state index contributed by atoms with van der Waals surface area (Å²) < 4.78 is 6.39. The summed E-state index contributed by atoms with van der Waals surface area (Å²) in [7, 11) is 1.68. The number of pyridine rings is 1. The zero-order valence-corrected chi connectivity index (χ0v) is 20.3. The normalized spacial score (nSPS) is 26.6. The zero-order chi connectivity index (χ0) is 24.0. The van der Waals surface area contributed by atoms with Crippen LogP contribution in [0.4, 0.5) is 0 Å². The number of hydrogen-bond acceptors (Lipinski definition) is 3. The number of methoxy groups -OCH3 is 1. The maximum Gasteiger partial charge on any atom is 0.131 e. The molecule has 3 aromatic carbocycles. The molecule has 0 aliphatic carbocycles. The summed E-state index contributed by atoms with van der Waals surface area (Å²) in [4.78, 5) is 4.55. The van der Waals surface area contributed by atoms with Crippen molar-refractivity contribution in [3.05, 3.63) is 96.7 Å². The molecule has 5 atom stereocenters. The summed E-state index contributed by atoms with van der Waals surface area (Å²) in [5, 5.41) is 15.5. The van der Waals surface area contributed by atoms with E-state index in [4.69, 9.17) is 4.74 Å². The Balaban J connectivity index is 1.41. The van der Waals surface area contributed by atoms with Gasteiger partial charge in [0.15, 0.2) is 0 Å². The first-order chi connectivity index (χ1) is 17.1. The number of aromatic nitrogens is 1. The van der Waals surface area contributed by atoms with Gasteiger partial charge in [-0.3, -0.25) is 4.98 Å². The van der Waals surface area contributed by atoms with E-state index < -0.39 is 6.10 Å². The molecule has 4 aromatic rings. The standard InChI is InChI=1S/C31H33N2O2/c1-3-22-20-33(19-21-8-9-23-6-4-5-7-24(23)16-21)15-13-25(22)17-30(33)31(34)27-12-14-32-29-11-10-26(35-2)18-28(27)29/h3-12,14,16,18,22,25,30-31,34H,1,13,15,17,19-20H2,2H3/q+1. The lowest BCUT2D eigenvalue weighted by Crippen LogP contribution is -2.67. The Hall–Kier alpha value is -3.21. The van der Waals surface area contributed by atoms with Crippen molar-refractivity contribution in [2.24, 2.45) is 11.8 Å². The van der Waals surface area contributed by atoms with Crippen LogP contribution in [-0.4, -0.2) is 40.8 Å². The van der Waals surface area contributed by atoms with Gasteiger partial charge in [0.25, 0.3) is 0 Å². The highest BCUT2D eigenvalue weighted by atomic mass is 16.5. The number of quaternary nitrogens is 1. The van der Waals surface area contributed by atoms with Crippen LogP contribution in [0.15, 0.2) is 85.6 Å². The third-order valence-electron chi connectivity index (χ3n) is 8.65. The minimum Gasteiger partial charge on any atom is -0.497 e. The molecule has 0 radical (unpaired) electrons. The minimum atomic E-state index is -0.568. The van der Waals surface area contributed by atoms with Crippen LogP contribution in [0.3, 0.4) is 0 Å². The molecule has 0 saturated carbocycles. The number of ether oxygens (including phenoxy) is 1. The Labute approximate surface area is 207 Å². The van der Waals surface area contributed by atoms with Crippen LogP contribution in [0, 0.1) is 11.8 Å². The van der Waals surface area contributed by atoms with E-state index in [9.17, 15) is 5.11 Å². The predicted octanol–water partition coefficient (Wildman–Crippen LogP) is 6.04. The van der Waals surface area contributed by atoms with Gasteiger partial charge >= 0.3 is 0 Å². The highest BCUT2D eigenvalue weighted by Crippen LogP contribution is 2.48. The smallest absolute Gasteiger partial charge is 0.131 e. The Morgan fingerprint density at radius 3 is 2.80 bits per heavy atom. The molecule has 1 aromatic heterocycles. The van der Waals surface area contributed by atoms with E-state index in [2.05, 4.69) is 60.1 Å². The van der Waals surface area contributed by atoms with Crippen molar-refractivity contribution in [2.75, 3.05) is 20.2 Å². The molecule has 3 aliphatic rings. The van der Waals surface area contributed by atoms with Crippen molar-refractivity contribution < 1.29 is 14.3 Å². The molecule has 3 fully saturated rings. The fourth-order valence-electron chi connectivity index (χ4n) is 6.82. The van der Waals surface area contributed by atoms with E-state index in [1.54, 1.807) is 7.11 Å². The molecule has 0 amide bonds. The Morgan fingerprint density at radius 1 is 1.11 bits per heavy atom. The predicted molar refractivity (Wildman–Crippen MR) is 141 cm³/mol. The molecule has 178 valence electrons. The molecule has 7 rings (SSSR count). The number of benzene rings is 3. The molecule has 4 nitrogen and oxygen atoms in total. The van der Waals surface area contributed by atoms with Crippen LogP contribution in [0.5, 0.6) is 5.75 Å². The molecule has 4 heterocycles. The van der Waals surface area contributed by atoms with Crippen LogP contribution in [0.25, 0.3) is 21.7 Å². The van der Waals surface area contributed by atoms with E-state index in [0.29, 0.717) is 11.8 Å². The fourth-order valence-corrected chi connectivity index (χ4v) is 6.82. The summed E-state index contributed by atoms with van der Waals surface area (Å²) in [6.45, 7) is 7.23. The first-order valence-corrected chi connectivity index (χ1v) is 12.7. The first kappa shape index (κ1) is 22.3. The van der Waals surface area contributed by atoms with Gasteiger partial charge in [-0.05, 0) is 52.6 Å². The SMILES string of the molecule is C=CC1C[N+]2(Cc3ccc4ccccc4c3)CCC1CC2C(O)c1ccnc2ccc(OC)cc12. The summed E-state index contributed by atoms with van der Waals surface area (Å²) in [5.41, 5.74) is 3.19. The van der Waals surface area contributed by atoms with Gasteiger partial charge in [-0.25, -0.2) is 0 Å². The van der Waals surface area contributed by atoms with Crippen molar-refractivity contribution in [3.63, 3.8) is 0 Å². The Morgan fingerprint density at radius 2 is 1.97 bits per heavy atom. The number of aliphatic hydroxyl groups is 1. The molecule has 3 saturated heterocycles. The van der Waals surface area contributed by atoms with Crippen molar-refractivity contribution in [2.45, 2.75) is 31.5 Å². The van der Waals surface area contributed by atoms with Gasteiger partial charge in [0, 0.05) is 35.9 Å². The van der Waals surface area contributed by atoms with Crippen LogP contribution in [0.2, 0.25) is 0 Å². The summed E-state index contributed by atoms with van der Waals surface area (Å²) in [6, 6.07) is 23.4. The second kappa shape index (κ2) is 8.78. The van der Waals surface area contributed by atoms with Gasteiger partial charge in [-0.1, -0.05) is 42.5 Å². The second-order valence-corrected chi connectivity index (χ2v) is 10.4. The quantitative estimate of drug-likeness (QED) is 0.279. The lowest BCUT2D eigenvalue weighted by atomic mass is 9.71. The lowest BCUT2D eigenvalue weighted by Gasteiger charge is -2.58. The van der Waals surface area contributed by atoms with E-state index in [0.717, 1.165) is 52.8 Å². The largest absolute Gasteiger partial charge is 0.497 e. The molecule has 2 bridgehead atoms. The topological polar surface area (TPSA) is 42.4 Å². The summed E-state index contributed by atoms with van der Waals surface area (Å²) in [6.07, 6.45) is 5.62. The van der Waals surface area contributed by atoms with Gasteiger partial charge in [0.05, 0.1) is 25.7 Å². The zero-order valence-electron chi connectivity index (χ0n) is 20.3. The van der Waals surface area contributed by atoms with Crippen LogP contribution in [-0.2, 0) is 6.54 Å². The number of hydrogen-bond donors (Lipinski definition) is 1. The van der Waals surface area contributed by atoms with Crippen molar-refractivity contribution in [1.29, 1.82) is 0 Å². The fraction of sp³-hybridized carbons (Fsp3) is 0.323. The summed E-state index contributed by atoms with van der Waals surface area (Å²) in [5.74, 6) is 1.88. The second-order valence-electron chi connectivity index (χ2n) is 10.4. The van der Waals surface area contributed by atoms with Gasteiger partial charge < -0.3 is 14.3 Å². The third kappa shape index (κ3) is 3.81. The van der Waals surface area contributed by atoms with Crippen LogP contribution >= 0.6 is 0 Å². The number of fused-ring (bicyclic) bond motifs is 5. The van der Waals surface area contributed by atoms with Crippen molar-refractivity contribution in [3.8, 4) is 5.75 Å². The average molecular weight is 466 g/mol. The number of aliphatic hydroxyl groups excluding tert-OH is 1. The van der Waals surface area contributed by atoms with Crippen molar-refractivity contribution >= 4 is 21.7 Å². The third-order valence-corrected chi connectivity index (χ3v) is 8.65. The molecular weight excluding hydrogens is 432 g/mol. The summed E-state index contributed by atoms with van der Waals surface area (Å²) >= 11 is 0. The monoisotopic (exact) mass is 465 g/mol. The number of piperidine rings is 3. The maximum atomic E-state index is 12.0. The van der Waals surface area contributed by atoms with Gasteiger partial charge in [-0.15, -0.1) is 6.58 Å². The highest BCUT2D eigenvalue weighted by Gasteiger charge is 2.54. The van der Waals surface area contributed by atoms with Gasteiger partial charge in [0.2, 0.25) is 0 Å². The number of nitrogens with zero attached hydrogens (tertiary/aromatic N) is 2. The van der Waals surface area contributed by atoms with E-state index in [1.807, 2.05) is 30.5 Å². The molecule has 3 aliphatic heterocycles. The number of rotatable bonds is 6. The van der Waals surface area contributed by atoms with E-state index in [1.165, 1.54) is 22.8 Å². The van der Waals surface area contributed by atoms with Gasteiger partial charge in [0.1, 0.15) is 24.4 Å². The van der Waals surface area contributed by atoms with Gasteiger partial charge in [-0.2, -0.15) is 0 Å². The average Bonchev–Trinajstić information content (AvgIpc) is 2.91. The lowest BCUT2D eigenvalue weighted by molar-refractivity contribution is -0.984. The van der Waals surface area contributed by atoms with Crippen LogP contribution < -0.4 is 4.74 Å². The van der Waals surface area contributed by atoms with Crippen molar-refractivity contribution in [1.82, 2.24) is 4.98 Å². The highest BCUT2D eigenvalue weighted by molar-refractivity contribution is 5.84. The minimum absolute atomic E-state index is 0.133. The molecule has 0 spiro atoms. The Kier molecular flexibility index (Phi) is 5.58.